The van der Waals surface area contributed by atoms with Crippen molar-refractivity contribution < 1.29 is 4.79 Å². The average Bonchev–Trinajstić information content (AvgIpc) is 2.47. The van der Waals surface area contributed by atoms with E-state index in [0.29, 0.717) is 5.11 Å². The van der Waals surface area contributed by atoms with Crippen molar-refractivity contribution in [2.45, 2.75) is 6.92 Å². The second-order valence-corrected chi connectivity index (χ2v) is 5.72. The number of carbonyl (C=O) groups excluding carboxylic acids is 1. The van der Waals surface area contributed by atoms with Crippen LogP contribution in [0.1, 0.15) is 11.1 Å². The Morgan fingerprint density at radius 2 is 1.81 bits per heavy atom. The van der Waals surface area contributed by atoms with Crippen molar-refractivity contribution in [2.24, 2.45) is 0 Å². The summed E-state index contributed by atoms with van der Waals surface area (Å²) in [4.78, 5) is 16.2. The summed E-state index contributed by atoms with van der Waals surface area (Å²) in [6.07, 6.45) is 3.31. The summed E-state index contributed by atoms with van der Waals surface area (Å²) in [6, 6.07) is 8.01. The molecule has 1 N–H and O–H groups in total. The Balaban J connectivity index is 1.83. The number of likely N-dealkylation sites (N-methyl/N-ethyl adjacent to an activating group) is 1. The van der Waals surface area contributed by atoms with Gasteiger partial charge in [0.05, 0.1) is 0 Å². The van der Waals surface area contributed by atoms with Crippen LogP contribution < -0.4 is 5.32 Å². The number of carbonyl (C=O) groups is 1. The van der Waals surface area contributed by atoms with Gasteiger partial charge in [0.15, 0.2) is 5.11 Å². The lowest BCUT2D eigenvalue weighted by Gasteiger charge is -2.33. The Labute approximate surface area is 131 Å². The summed E-state index contributed by atoms with van der Waals surface area (Å²) in [5.41, 5.74) is 2.20. The van der Waals surface area contributed by atoms with Gasteiger partial charge in [0.1, 0.15) is 0 Å². The lowest BCUT2D eigenvalue weighted by Crippen LogP contribution is -2.51. The largest absolute Gasteiger partial charge is 0.346 e. The maximum Gasteiger partial charge on any atom is 0.250 e. The highest BCUT2D eigenvalue weighted by molar-refractivity contribution is 7.80. The van der Waals surface area contributed by atoms with Gasteiger partial charge in [-0.25, -0.2) is 0 Å². The zero-order chi connectivity index (χ0) is 15.2. The molecule has 1 aromatic rings. The molecule has 2 rings (SSSR count). The van der Waals surface area contributed by atoms with Gasteiger partial charge in [-0.3, -0.25) is 10.1 Å². The minimum absolute atomic E-state index is 0.181. The molecule has 1 amide bonds. The Bertz CT molecular complexity index is 531. The molecule has 0 unspecified atom stereocenters. The number of hydrogen-bond acceptors (Lipinski definition) is 3. The van der Waals surface area contributed by atoms with Crippen LogP contribution in [0.4, 0.5) is 0 Å². The van der Waals surface area contributed by atoms with Gasteiger partial charge in [-0.2, -0.15) is 0 Å². The Kier molecular flexibility index (Phi) is 5.47. The molecule has 0 saturated carbocycles. The number of benzene rings is 1. The molecule has 21 heavy (non-hydrogen) atoms. The second kappa shape index (κ2) is 7.33. The van der Waals surface area contributed by atoms with Crippen molar-refractivity contribution in [3.8, 4) is 0 Å². The molecule has 4 nitrogen and oxygen atoms in total. The number of amides is 1. The minimum Gasteiger partial charge on any atom is -0.346 e. The van der Waals surface area contributed by atoms with E-state index in [-0.39, 0.29) is 5.91 Å². The topological polar surface area (TPSA) is 35.6 Å². The average molecular weight is 303 g/mol. The molecule has 1 aliphatic rings. The molecular formula is C16H21N3OS. The van der Waals surface area contributed by atoms with Crippen LogP contribution >= 0.6 is 12.2 Å². The van der Waals surface area contributed by atoms with Crippen molar-refractivity contribution in [2.75, 3.05) is 33.2 Å². The summed E-state index contributed by atoms with van der Waals surface area (Å²) >= 11 is 5.28. The highest BCUT2D eigenvalue weighted by Gasteiger charge is 2.16. The van der Waals surface area contributed by atoms with Crippen molar-refractivity contribution >= 4 is 29.3 Å². The second-order valence-electron chi connectivity index (χ2n) is 5.33. The standard InChI is InChI=1S/C16H21N3OS/c1-13-3-5-14(6-4-13)7-8-15(20)17-16(21)19-11-9-18(2)10-12-19/h3-8H,9-12H2,1-2H3,(H,17,20,21)/b8-7+. The van der Waals surface area contributed by atoms with Gasteiger partial charge in [0.2, 0.25) is 5.91 Å². The van der Waals surface area contributed by atoms with E-state index in [4.69, 9.17) is 12.2 Å². The first-order valence-corrected chi connectivity index (χ1v) is 7.48. The first-order valence-electron chi connectivity index (χ1n) is 7.08. The van der Waals surface area contributed by atoms with Gasteiger partial charge in [-0.1, -0.05) is 29.8 Å². The van der Waals surface area contributed by atoms with Crippen molar-refractivity contribution in [3.63, 3.8) is 0 Å². The zero-order valence-corrected chi connectivity index (χ0v) is 13.3. The Morgan fingerprint density at radius 1 is 1.19 bits per heavy atom. The molecule has 0 radical (unpaired) electrons. The van der Waals surface area contributed by atoms with Crippen LogP contribution in [-0.4, -0.2) is 54.0 Å². The maximum atomic E-state index is 11.9. The van der Waals surface area contributed by atoms with E-state index < -0.39 is 0 Å². The molecule has 1 aromatic carbocycles. The fraction of sp³-hybridized carbons (Fsp3) is 0.375. The van der Waals surface area contributed by atoms with Gasteiger partial charge >= 0.3 is 0 Å². The van der Waals surface area contributed by atoms with Crippen molar-refractivity contribution in [1.82, 2.24) is 15.1 Å². The lowest BCUT2D eigenvalue weighted by atomic mass is 10.1. The lowest BCUT2D eigenvalue weighted by molar-refractivity contribution is -0.115. The van der Waals surface area contributed by atoms with E-state index in [0.717, 1.165) is 31.7 Å². The van der Waals surface area contributed by atoms with Crippen molar-refractivity contribution in [3.05, 3.63) is 41.5 Å². The molecule has 1 aliphatic heterocycles. The fourth-order valence-electron chi connectivity index (χ4n) is 2.09. The predicted molar refractivity (Wildman–Crippen MR) is 90.0 cm³/mol. The van der Waals surface area contributed by atoms with Gasteiger partial charge < -0.3 is 9.80 Å². The van der Waals surface area contributed by atoms with Gasteiger partial charge in [-0.05, 0) is 37.8 Å². The summed E-state index contributed by atoms with van der Waals surface area (Å²) in [5.74, 6) is -0.181. The summed E-state index contributed by atoms with van der Waals surface area (Å²) in [7, 11) is 2.09. The third kappa shape index (κ3) is 4.95. The quantitative estimate of drug-likeness (QED) is 0.666. The van der Waals surface area contributed by atoms with Crippen molar-refractivity contribution in [1.29, 1.82) is 0 Å². The predicted octanol–water partition coefficient (Wildman–Crippen LogP) is 1.66. The molecule has 0 aromatic heterocycles. The van der Waals surface area contributed by atoms with Crippen LogP contribution in [-0.2, 0) is 4.79 Å². The minimum atomic E-state index is -0.181. The third-order valence-corrected chi connectivity index (χ3v) is 3.89. The molecule has 5 heteroatoms. The van der Waals surface area contributed by atoms with Gasteiger partial charge in [0.25, 0.3) is 0 Å². The normalized spacial score (nSPS) is 16.2. The molecule has 1 saturated heterocycles. The smallest absolute Gasteiger partial charge is 0.250 e. The van der Waals surface area contributed by atoms with Crippen LogP contribution in [0.3, 0.4) is 0 Å². The highest BCUT2D eigenvalue weighted by Crippen LogP contribution is 2.05. The van der Waals surface area contributed by atoms with Crippen LogP contribution in [0.25, 0.3) is 6.08 Å². The first-order chi connectivity index (χ1) is 10.0. The Hall–Kier alpha value is -1.72. The molecule has 1 heterocycles. The third-order valence-electron chi connectivity index (χ3n) is 3.53. The van der Waals surface area contributed by atoms with E-state index >= 15 is 0 Å². The number of aryl methyl sites for hydroxylation is 1. The molecular weight excluding hydrogens is 282 g/mol. The highest BCUT2D eigenvalue weighted by atomic mass is 32.1. The van der Waals surface area contributed by atoms with E-state index in [9.17, 15) is 4.79 Å². The van der Waals surface area contributed by atoms with Gasteiger partial charge in [0, 0.05) is 32.3 Å². The summed E-state index contributed by atoms with van der Waals surface area (Å²) < 4.78 is 0. The van der Waals surface area contributed by atoms with Gasteiger partial charge in [-0.15, -0.1) is 0 Å². The number of thiocarbonyl (C=S) groups is 1. The van der Waals surface area contributed by atoms with E-state index in [1.54, 1.807) is 6.08 Å². The molecule has 1 fully saturated rings. The zero-order valence-electron chi connectivity index (χ0n) is 12.5. The number of rotatable bonds is 2. The van der Waals surface area contributed by atoms with Crippen LogP contribution in [0.5, 0.6) is 0 Å². The molecule has 112 valence electrons. The fourth-order valence-corrected chi connectivity index (χ4v) is 2.37. The first kappa shape index (κ1) is 15.7. The monoisotopic (exact) mass is 303 g/mol. The van der Waals surface area contributed by atoms with Crippen LogP contribution in [0, 0.1) is 6.92 Å². The van der Waals surface area contributed by atoms with E-state index in [2.05, 4.69) is 17.3 Å². The summed E-state index contributed by atoms with van der Waals surface area (Å²) in [6.45, 7) is 5.69. The van der Waals surface area contributed by atoms with E-state index in [1.165, 1.54) is 11.6 Å². The number of nitrogens with zero attached hydrogens (tertiary/aromatic N) is 2. The van der Waals surface area contributed by atoms with Crippen LogP contribution in [0.15, 0.2) is 30.3 Å². The van der Waals surface area contributed by atoms with E-state index in [1.807, 2.05) is 36.1 Å². The molecule has 0 atom stereocenters. The number of piperazine rings is 1. The Morgan fingerprint density at radius 3 is 2.43 bits per heavy atom. The molecule has 0 bridgehead atoms. The maximum absolute atomic E-state index is 11.9. The summed E-state index contributed by atoms with van der Waals surface area (Å²) in [5, 5.41) is 3.27. The molecule has 0 spiro atoms. The van der Waals surface area contributed by atoms with Crippen LogP contribution in [0.2, 0.25) is 0 Å². The number of hydrogen-bond donors (Lipinski definition) is 1. The SMILES string of the molecule is Cc1ccc(/C=C/C(=O)NC(=S)N2CCN(C)CC2)cc1. The molecule has 0 aliphatic carbocycles. The number of nitrogens with one attached hydrogen (secondary N) is 1.